The lowest BCUT2D eigenvalue weighted by Crippen LogP contribution is -2.40. The van der Waals surface area contributed by atoms with Crippen molar-refractivity contribution in [2.75, 3.05) is 11.9 Å². The first-order chi connectivity index (χ1) is 18.0. The highest BCUT2D eigenvalue weighted by Gasteiger charge is 2.30. The summed E-state index contributed by atoms with van der Waals surface area (Å²) in [4.78, 5) is 28.0. The van der Waals surface area contributed by atoms with Crippen LogP contribution in [0.5, 0.6) is 0 Å². The number of nitrogens with one attached hydrogen (secondary N) is 2. The summed E-state index contributed by atoms with van der Waals surface area (Å²) in [5.74, 6) is 0.647. The van der Waals surface area contributed by atoms with E-state index in [1.165, 1.54) is 17.7 Å². The van der Waals surface area contributed by atoms with Crippen LogP contribution >= 0.6 is 0 Å². The van der Waals surface area contributed by atoms with Crippen molar-refractivity contribution in [2.24, 2.45) is 7.05 Å². The second-order valence-electron chi connectivity index (χ2n) is 10.0. The molecule has 5 heterocycles. The zero-order valence-corrected chi connectivity index (χ0v) is 21.0. The van der Waals surface area contributed by atoms with Crippen LogP contribution in [0, 0.1) is 6.92 Å². The Morgan fingerprint density at radius 3 is 2.86 bits per heavy atom. The van der Waals surface area contributed by atoms with E-state index in [9.17, 15) is 4.79 Å². The number of amides is 1. The predicted octanol–water partition coefficient (Wildman–Crippen LogP) is 4.36. The van der Waals surface area contributed by atoms with Crippen LogP contribution in [0.25, 0.3) is 22.3 Å². The molecule has 0 bridgehead atoms. The summed E-state index contributed by atoms with van der Waals surface area (Å²) in [6.07, 6.45) is 8.91. The van der Waals surface area contributed by atoms with E-state index in [4.69, 9.17) is 4.98 Å². The number of hydrogen-bond donors (Lipinski definition) is 2. The first-order valence-electron chi connectivity index (χ1n) is 12.7. The highest BCUT2D eigenvalue weighted by atomic mass is 16.2. The standard InChI is InChI=1S/C28H28N8O/c1-17-12-19(25-22-8-9-29-26(22)33-28(32-25)31-21-14-30-34(2)16-21)6-7-20(17)15-35-10-11-36-23-5-3-4-18(23)13-24(36)27(35)37/h6-9,12-14,16H,3-5,10-11,15H2,1-2H3,(H2,29,31,32,33). The lowest BCUT2D eigenvalue weighted by atomic mass is 10.0. The van der Waals surface area contributed by atoms with Gasteiger partial charge in [0.2, 0.25) is 5.95 Å². The van der Waals surface area contributed by atoms with Crippen molar-refractivity contribution in [2.45, 2.75) is 39.3 Å². The maximum atomic E-state index is 13.3. The number of benzene rings is 1. The molecular formula is C28H28N8O. The molecule has 0 saturated heterocycles. The fourth-order valence-electron chi connectivity index (χ4n) is 5.73. The summed E-state index contributed by atoms with van der Waals surface area (Å²) in [7, 11) is 1.87. The van der Waals surface area contributed by atoms with Gasteiger partial charge in [-0.3, -0.25) is 9.48 Å². The normalized spacial score (nSPS) is 14.9. The highest BCUT2D eigenvalue weighted by molar-refractivity contribution is 5.94. The van der Waals surface area contributed by atoms with E-state index < -0.39 is 0 Å². The Balaban J connectivity index is 1.17. The lowest BCUT2D eigenvalue weighted by Gasteiger charge is -2.30. The Hall–Kier alpha value is -4.40. The zero-order valence-electron chi connectivity index (χ0n) is 21.0. The number of H-pyrrole nitrogens is 1. The Labute approximate surface area is 214 Å². The number of aryl methyl sites for hydroxylation is 3. The molecule has 1 aliphatic carbocycles. The Morgan fingerprint density at radius 2 is 2.03 bits per heavy atom. The molecular weight excluding hydrogens is 464 g/mol. The SMILES string of the molecule is Cc1cc(-c2nc(Nc3cnn(C)c3)nc3[nH]ccc23)ccc1CN1CCn2c(cc3c2CCC3)C1=O. The minimum absolute atomic E-state index is 0.139. The van der Waals surface area contributed by atoms with Gasteiger partial charge in [-0.1, -0.05) is 12.1 Å². The van der Waals surface area contributed by atoms with Crippen LogP contribution in [0.1, 0.15) is 39.3 Å². The number of carbonyl (C=O) groups is 1. The van der Waals surface area contributed by atoms with Gasteiger partial charge in [0.05, 0.1) is 17.6 Å². The van der Waals surface area contributed by atoms with Gasteiger partial charge in [0, 0.05) is 55.7 Å². The smallest absolute Gasteiger partial charge is 0.270 e. The quantitative estimate of drug-likeness (QED) is 0.380. The van der Waals surface area contributed by atoms with Gasteiger partial charge in [-0.25, -0.2) is 4.98 Å². The molecule has 0 unspecified atom stereocenters. The number of anilines is 2. The number of hydrogen-bond acceptors (Lipinski definition) is 5. The maximum absolute atomic E-state index is 13.3. The number of carbonyl (C=O) groups excluding carboxylic acids is 1. The molecule has 0 radical (unpaired) electrons. The van der Waals surface area contributed by atoms with Crippen LogP contribution in [0.4, 0.5) is 11.6 Å². The largest absolute Gasteiger partial charge is 0.346 e. The first-order valence-corrected chi connectivity index (χ1v) is 12.7. The van der Waals surface area contributed by atoms with Crippen LogP contribution in [-0.4, -0.2) is 46.7 Å². The second kappa shape index (κ2) is 8.33. The number of rotatable bonds is 5. The molecule has 186 valence electrons. The van der Waals surface area contributed by atoms with E-state index in [0.29, 0.717) is 12.5 Å². The lowest BCUT2D eigenvalue weighted by molar-refractivity contribution is 0.0689. The van der Waals surface area contributed by atoms with Gasteiger partial charge < -0.3 is 19.8 Å². The van der Waals surface area contributed by atoms with Crippen LogP contribution < -0.4 is 5.32 Å². The molecule has 2 aliphatic rings. The summed E-state index contributed by atoms with van der Waals surface area (Å²) >= 11 is 0. The van der Waals surface area contributed by atoms with E-state index >= 15 is 0 Å². The molecule has 1 aliphatic heterocycles. The minimum atomic E-state index is 0.139. The highest BCUT2D eigenvalue weighted by Crippen LogP contribution is 2.31. The molecule has 9 nitrogen and oxygen atoms in total. The fourth-order valence-corrected chi connectivity index (χ4v) is 5.73. The van der Waals surface area contributed by atoms with Crippen molar-refractivity contribution >= 4 is 28.6 Å². The van der Waals surface area contributed by atoms with Gasteiger partial charge in [-0.15, -0.1) is 0 Å². The number of nitrogens with zero attached hydrogens (tertiary/aromatic N) is 6. The third kappa shape index (κ3) is 3.69. The van der Waals surface area contributed by atoms with Gasteiger partial charge in [-0.2, -0.15) is 10.1 Å². The number of aromatic nitrogens is 6. The molecule has 0 atom stereocenters. The third-order valence-electron chi connectivity index (χ3n) is 7.61. The fraction of sp³-hybridized carbons (Fsp3) is 0.286. The predicted molar refractivity (Wildman–Crippen MR) is 142 cm³/mol. The van der Waals surface area contributed by atoms with Crippen molar-refractivity contribution in [3.05, 3.63) is 77.0 Å². The molecule has 4 aromatic heterocycles. The van der Waals surface area contributed by atoms with Crippen molar-refractivity contribution in [3.63, 3.8) is 0 Å². The van der Waals surface area contributed by atoms with Crippen LogP contribution in [0.3, 0.4) is 0 Å². The summed E-state index contributed by atoms with van der Waals surface area (Å²) in [6, 6.07) is 10.5. The topological polar surface area (TPSA) is 96.7 Å². The molecule has 0 fully saturated rings. The van der Waals surface area contributed by atoms with E-state index in [1.807, 2.05) is 30.4 Å². The van der Waals surface area contributed by atoms with Gasteiger partial charge in [0.15, 0.2) is 0 Å². The zero-order chi connectivity index (χ0) is 25.1. The minimum Gasteiger partial charge on any atom is -0.346 e. The molecule has 0 spiro atoms. The van der Waals surface area contributed by atoms with Gasteiger partial charge in [0.25, 0.3) is 5.91 Å². The van der Waals surface area contributed by atoms with Gasteiger partial charge in [-0.05, 0) is 61.1 Å². The van der Waals surface area contributed by atoms with E-state index in [0.717, 1.165) is 70.7 Å². The summed E-state index contributed by atoms with van der Waals surface area (Å²) in [5, 5.41) is 8.42. The summed E-state index contributed by atoms with van der Waals surface area (Å²) < 4.78 is 3.99. The van der Waals surface area contributed by atoms with Crippen molar-refractivity contribution < 1.29 is 4.79 Å². The third-order valence-corrected chi connectivity index (χ3v) is 7.61. The maximum Gasteiger partial charge on any atom is 0.270 e. The number of aromatic amines is 1. The van der Waals surface area contributed by atoms with Gasteiger partial charge in [0.1, 0.15) is 11.3 Å². The van der Waals surface area contributed by atoms with Crippen molar-refractivity contribution in [1.82, 2.24) is 34.2 Å². The van der Waals surface area contributed by atoms with Crippen molar-refractivity contribution in [3.8, 4) is 11.3 Å². The molecule has 7 rings (SSSR count). The van der Waals surface area contributed by atoms with E-state index in [-0.39, 0.29) is 5.91 Å². The Kier molecular flexibility index (Phi) is 4.92. The van der Waals surface area contributed by atoms with Crippen LogP contribution in [0.15, 0.2) is 48.9 Å². The van der Waals surface area contributed by atoms with E-state index in [2.05, 4.69) is 56.1 Å². The van der Waals surface area contributed by atoms with E-state index in [1.54, 1.807) is 10.9 Å². The second-order valence-corrected chi connectivity index (χ2v) is 10.0. The number of fused-ring (bicyclic) bond motifs is 4. The Bertz CT molecular complexity index is 1670. The first kappa shape index (κ1) is 21.8. The molecule has 1 aromatic carbocycles. The summed E-state index contributed by atoms with van der Waals surface area (Å²) in [6.45, 7) is 4.34. The van der Waals surface area contributed by atoms with Crippen LogP contribution in [0.2, 0.25) is 0 Å². The molecule has 9 heteroatoms. The van der Waals surface area contributed by atoms with Gasteiger partial charge >= 0.3 is 0 Å². The van der Waals surface area contributed by atoms with Crippen molar-refractivity contribution in [1.29, 1.82) is 0 Å². The van der Waals surface area contributed by atoms with Crippen LogP contribution in [-0.2, 0) is 33.0 Å². The summed E-state index contributed by atoms with van der Waals surface area (Å²) in [5.41, 5.74) is 9.35. The average molecular weight is 493 g/mol. The molecule has 5 aromatic rings. The Morgan fingerprint density at radius 1 is 1.11 bits per heavy atom. The molecule has 2 N–H and O–H groups in total. The average Bonchev–Trinajstić information content (AvgIpc) is 3.67. The molecule has 1 amide bonds. The monoisotopic (exact) mass is 492 g/mol. The molecule has 0 saturated carbocycles. The molecule has 37 heavy (non-hydrogen) atoms.